The minimum absolute atomic E-state index is 0.0321. The molecule has 2 nitrogen and oxygen atoms in total. The monoisotopic (exact) mass is 209 g/mol. The van der Waals surface area contributed by atoms with Gasteiger partial charge in [0.15, 0.2) is 5.90 Å². The maximum absolute atomic E-state index is 5.59. The molecule has 0 aromatic carbocycles. The maximum atomic E-state index is 5.59. The van der Waals surface area contributed by atoms with Crippen LogP contribution in [0.1, 0.15) is 41.5 Å². The van der Waals surface area contributed by atoms with E-state index in [1.807, 2.05) is 0 Å². The summed E-state index contributed by atoms with van der Waals surface area (Å²) in [5.41, 5.74) is 0.254. The molecule has 0 spiro atoms. The zero-order valence-electron chi connectivity index (χ0n) is 10.8. The van der Waals surface area contributed by atoms with Crippen molar-refractivity contribution in [1.29, 1.82) is 0 Å². The molecule has 86 valence electrons. The standard InChI is InChI=1S/C13H23NO/c1-12(2,3)8-7-10-9-15-11(14-10)13(4,5)6/h7-8,10H,9H2,1-6H3/b8-7+. The van der Waals surface area contributed by atoms with Crippen LogP contribution >= 0.6 is 0 Å². The number of rotatable bonds is 1. The molecule has 0 radical (unpaired) electrons. The van der Waals surface area contributed by atoms with Crippen LogP contribution in [0.25, 0.3) is 0 Å². The molecule has 0 amide bonds. The highest BCUT2D eigenvalue weighted by Crippen LogP contribution is 2.23. The second-order valence-electron chi connectivity index (χ2n) is 6.29. The Morgan fingerprint density at radius 3 is 2.20 bits per heavy atom. The quantitative estimate of drug-likeness (QED) is 0.606. The lowest BCUT2D eigenvalue weighted by Gasteiger charge is -2.16. The maximum Gasteiger partial charge on any atom is 0.189 e. The van der Waals surface area contributed by atoms with Crippen LogP contribution in [0, 0.1) is 10.8 Å². The van der Waals surface area contributed by atoms with E-state index in [9.17, 15) is 0 Å². The van der Waals surface area contributed by atoms with E-state index in [0.29, 0.717) is 6.61 Å². The van der Waals surface area contributed by atoms with E-state index < -0.39 is 0 Å². The number of hydrogen-bond donors (Lipinski definition) is 0. The van der Waals surface area contributed by atoms with Crippen LogP contribution in [0.15, 0.2) is 17.1 Å². The first-order valence-electron chi connectivity index (χ1n) is 5.59. The second kappa shape index (κ2) is 3.99. The molecule has 0 saturated heterocycles. The van der Waals surface area contributed by atoms with Gasteiger partial charge in [0, 0.05) is 5.41 Å². The molecule has 1 aliphatic rings. The predicted molar refractivity (Wildman–Crippen MR) is 65.2 cm³/mol. The van der Waals surface area contributed by atoms with Gasteiger partial charge in [-0.15, -0.1) is 0 Å². The van der Waals surface area contributed by atoms with Crippen molar-refractivity contribution >= 4 is 5.90 Å². The fourth-order valence-electron chi connectivity index (χ4n) is 1.30. The van der Waals surface area contributed by atoms with Crippen molar-refractivity contribution in [2.24, 2.45) is 15.8 Å². The lowest BCUT2D eigenvalue weighted by molar-refractivity contribution is 0.291. The third-order valence-corrected chi connectivity index (χ3v) is 2.13. The van der Waals surface area contributed by atoms with Crippen molar-refractivity contribution in [1.82, 2.24) is 0 Å². The molecule has 0 aromatic heterocycles. The van der Waals surface area contributed by atoms with Gasteiger partial charge >= 0.3 is 0 Å². The Balaban J connectivity index is 2.63. The van der Waals surface area contributed by atoms with E-state index in [1.54, 1.807) is 0 Å². The largest absolute Gasteiger partial charge is 0.478 e. The molecular weight excluding hydrogens is 186 g/mol. The molecule has 1 atom stereocenters. The van der Waals surface area contributed by atoms with Gasteiger partial charge in [0.05, 0.1) is 0 Å². The highest BCUT2D eigenvalue weighted by molar-refractivity contribution is 5.83. The molecule has 1 rings (SSSR count). The molecule has 0 fully saturated rings. The highest BCUT2D eigenvalue weighted by Gasteiger charge is 2.27. The SMILES string of the molecule is CC(C)(C)/C=C/C1COC(C(C)(C)C)=N1. The Hall–Kier alpha value is -0.790. The molecule has 1 heterocycles. The van der Waals surface area contributed by atoms with Gasteiger partial charge in [-0.25, -0.2) is 4.99 Å². The number of nitrogens with zero attached hydrogens (tertiary/aromatic N) is 1. The van der Waals surface area contributed by atoms with Gasteiger partial charge in [0.1, 0.15) is 12.6 Å². The minimum Gasteiger partial charge on any atom is -0.478 e. The first kappa shape index (κ1) is 12.3. The molecule has 2 heteroatoms. The van der Waals surface area contributed by atoms with Crippen molar-refractivity contribution < 1.29 is 4.74 Å². The third kappa shape index (κ3) is 4.06. The normalized spacial score (nSPS) is 23.1. The second-order valence-corrected chi connectivity index (χ2v) is 6.29. The van der Waals surface area contributed by atoms with Crippen molar-refractivity contribution in [2.75, 3.05) is 6.61 Å². The van der Waals surface area contributed by atoms with Crippen LogP contribution in [0.2, 0.25) is 0 Å². The number of ether oxygens (including phenoxy) is 1. The summed E-state index contributed by atoms with van der Waals surface area (Å²) >= 11 is 0. The molecule has 15 heavy (non-hydrogen) atoms. The molecular formula is C13H23NO. The predicted octanol–water partition coefficient (Wildman–Crippen LogP) is 3.43. The summed E-state index contributed by atoms with van der Waals surface area (Å²) in [5.74, 6) is 0.881. The first-order valence-corrected chi connectivity index (χ1v) is 5.59. The molecule has 0 aromatic rings. The van der Waals surface area contributed by atoms with Gasteiger partial charge in [0.2, 0.25) is 0 Å². The van der Waals surface area contributed by atoms with Gasteiger partial charge in [-0.1, -0.05) is 53.7 Å². The molecule has 0 aliphatic carbocycles. The van der Waals surface area contributed by atoms with Gasteiger partial charge in [-0.2, -0.15) is 0 Å². The topological polar surface area (TPSA) is 21.6 Å². The number of allylic oxidation sites excluding steroid dienone is 1. The summed E-state index contributed by atoms with van der Waals surface area (Å²) in [6.45, 7) is 13.6. The summed E-state index contributed by atoms with van der Waals surface area (Å²) in [7, 11) is 0. The average Bonchev–Trinajstić information content (AvgIpc) is 2.45. The lowest BCUT2D eigenvalue weighted by Crippen LogP contribution is -2.20. The Bertz CT molecular complexity index is 276. The Labute approximate surface area is 93.4 Å². The van der Waals surface area contributed by atoms with Crippen LogP contribution in [0.5, 0.6) is 0 Å². The molecule has 0 bridgehead atoms. The van der Waals surface area contributed by atoms with Gasteiger partial charge in [-0.3, -0.25) is 0 Å². The Morgan fingerprint density at radius 2 is 1.80 bits per heavy atom. The number of aliphatic imine (C=N–C) groups is 1. The Morgan fingerprint density at radius 1 is 1.20 bits per heavy atom. The average molecular weight is 209 g/mol. The van der Waals surface area contributed by atoms with Crippen molar-refractivity contribution in [3.8, 4) is 0 Å². The fourth-order valence-corrected chi connectivity index (χ4v) is 1.30. The third-order valence-electron chi connectivity index (χ3n) is 2.13. The summed E-state index contributed by atoms with van der Waals surface area (Å²) in [4.78, 5) is 4.57. The van der Waals surface area contributed by atoms with E-state index in [4.69, 9.17) is 4.74 Å². The highest BCUT2D eigenvalue weighted by atomic mass is 16.5. The molecule has 1 aliphatic heterocycles. The minimum atomic E-state index is 0.0321. The zero-order valence-corrected chi connectivity index (χ0v) is 10.8. The van der Waals surface area contributed by atoms with Gasteiger partial charge < -0.3 is 4.74 Å². The van der Waals surface area contributed by atoms with Crippen LogP contribution in [-0.4, -0.2) is 18.5 Å². The van der Waals surface area contributed by atoms with Crippen molar-refractivity contribution in [2.45, 2.75) is 47.6 Å². The summed E-state index contributed by atoms with van der Waals surface area (Å²) < 4.78 is 5.59. The lowest BCUT2D eigenvalue weighted by atomic mass is 9.95. The van der Waals surface area contributed by atoms with Crippen LogP contribution < -0.4 is 0 Å². The zero-order chi connectivity index (χ0) is 11.7. The molecule has 0 N–H and O–H groups in total. The van der Waals surface area contributed by atoms with E-state index in [1.165, 1.54) is 0 Å². The van der Waals surface area contributed by atoms with Crippen LogP contribution in [0.3, 0.4) is 0 Å². The van der Waals surface area contributed by atoms with Gasteiger partial charge in [0.25, 0.3) is 0 Å². The smallest absolute Gasteiger partial charge is 0.189 e. The summed E-state index contributed by atoms with van der Waals surface area (Å²) in [5, 5.41) is 0. The summed E-state index contributed by atoms with van der Waals surface area (Å²) in [6, 6.07) is 0.207. The fraction of sp³-hybridized carbons (Fsp3) is 0.769. The van der Waals surface area contributed by atoms with Crippen LogP contribution in [-0.2, 0) is 4.74 Å². The summed E-state index contributed by atoms with van der Waals surface area (Å²) in [6.07, 6.45) is 4.36. The van der Waals surface area contributed by atoms with Crippen molar-refractivity contribution in [3.63, 3.8) is 0 Å². The van der Waals surface area contributed by atoms with E-state index >= 15 is 0 Å². The van der Waals surface area contributed by atoms with Crippen molar-refractivity contribution in [3.05, 3.63) is 12.2 Å². The Kier molecular flexibility index (Phi) is 3.27. The van der Waals surface area contributed by atoms with Crippen LogP contribution in [0.4, 0.5) is 0 Å². The van der Waals surface area contributed by atoms with E-state index in [2.05, 4.69) is 58.7 Å². The van der Waals surface area contributed by atoms with Gasteiger partial charge in [-0.05, 0) is 5.41 Å². The van der Waals surface area contributed by atoms with E-state index in [0.717, 1.165) is 5.90 Å². The molecule has 1 unspecified atom stereocenters. The van der Waals surface area contributed by atoms with E-state index in [-0.39, 0.29) is 16.9 Å². The molecule has 0 saturated carbocycles. The first-order chi connectivity index (χ1) is 6.68. The number of hydrogen-bond acceptors (Lipinski definition) is 2.